The van der Waals surface area contributed by atoms with Crippen LogP contribution in [0.3, 0.4) is 0 Å². The Morgan fingerprint density at radius 2 is 1.92 bits per heavy atom. The lowest BCUT2D eigenvalue weighted by atomic mass is 10.2. The molecule has 1 atom stereocenters. The number of rotatable bonds is 7. The van der Waals surface area contributed by atoms with Gasteiger partial charge in [-0.05, 0) is 36.3 Å². The zero-order chi connectivity index (χ0) is 17.4. The molecule has 124 valence electrons. The van der Waals surface area contributed by atoms with Crippen molar-refractivity contribution < 1.29 is 19.4 Å². The summed E-state index contributed by atoms with van der Waals surface area (Å²) in [6.45, 7) is 1.87. The van der Waals surface area contributed by atoms with Gasteiger partial charge in [-0.2, -0.15) is 0 Å². The highest BCUT2D eigenvalue weighted by Gasteiger charge is 2.11. The van der Waals surface area contributed by atoms with Crippen LogP contribution in [0, 0.1) is 0 Å². The number of hydrogen-bond donors (Lipinski definition) is 2. The van der Waals surface area contributed by atoms with E-state index in [4.69, 9.17) is 9.84 Å². The summed E-state index contributed by atoms with van der Waals surface area (Å²) >= 11 is 0. The SMILES string of the molecule is C[C@H](NC(=O)/C=C/c1cccc(OCc2ccccc2)c1)C(=O)O. The minimum Gasteiger partial charge on any atom is -0.489 e. The highest BCUT2D eigenvalue weighted by molar-refractivity contribution is 5.94. The van der Waals surface area contributed by atoms with Gasteiger partial charge in [0, 0.05) is 6.08 Å². The second kappa shape index (κ2) is 8.53. The summed E-state index contributed by atoms with van der Waals surface area (Å²) in [5, 5.41) is 11.1. The third-order valence-electron chi connectivity index (χ3n) is 3.26. The summed E-state index contributed by atoms with van der Waals surface area (Å²) in [6.07, 6.45) is 2.91. The van der Waals surface area contributed by atoms with Gasteiger partial charge in [-0.3, -0.25) is 9.59 Å². The second-order valence-corrected chi connectivity index (χ2v) is 5.25. The van der Waals surface area contributed by atoms with E-state index in [0.29, 0.717) is 12.4 Å². The van der Waals surface area contributed by atoms with Gasteiger partial charge < -0.3 is 15.2 Å². The van der Waals surface area contributed by atoms with Crippen LogP contribution in [0.5, 0.6) is 5.75 Å². The molecule has 0 unspecified atom stereocenters. The lowest BCUT2D eigenvalue weighted by Gasteiger charge is -2.07. The summed E-state index contributed by atoms with van der Waals surface area (Å²) in [5.41, 5.74) is 1.86. The first-order chi connectivity index (χ1) is 11.5. The molecule has 1 amide bonds. The summed E-state index contributed by atoms with van der Waals surface area (Å²) < 4.78 is 5.72. The molecule has 0 aliphatic heterocycles. The largest absolute Gasteiger partial charge is 0.489 e. The average Bonchev–Trinajstić information content (AvgIpc) is 2.59. The van der Waals surface area contributed by atoms with Crippen LogP contribution < -0.4 is 10.1 Å². The van der Waals surface area contributed by atoms with Crippen molar-refractivity contribution in [3.05, 3.63) is 71.8 Å². The van der Waals surface area contributed by atoms with Crippen LogP contribution in [-0.2, 0) is 16.2 Å². The lowest BCUT2D eigenvalue weighted by Crippen LogP contribution is -2.37. The molecule has 2 aromatic rings. The zero-order valence-corrected chi connectivity index (χ0v) is 13.3. The molecule has 5 nitrogen and oxygen atoms in total. The maximum atomic E-state index is 11.6. The number of aliphatic carboxylic acids is 1. The number of carboxylic acid groups (broad SMARTS) is 1. The number of carbonyl (C=O) groups excluding carboxylic acids is 1. The van der Waals surface area contributed by atoms with Gasteiger partial charge in [0.25, 0.3) is 0 Å². The zero-order valence-electron chi connectivity index (χ0n) is 13.3. The van der Waals surface area contributed by atoms with Gasteiger partial charge in [-0.1, -0.05) is 42.5 Å². The first-order valence-corrected chi connectivity index (χ1v) is 7.53. The average molecular weight is 325 g/mol. The van der Waals surface area contributed by atoms with Crippen molar-refractivity contribution in [2.45, 2.75) is 19.6 Å². The Hall–Kier alpha value is -3.08. The van der Waals surface area contributed by atoms with Crippen molar-refractivity contribution in [1.29, 1.82) is 0 Å². The van der Waals surface area contributed by atoms with Gasteiger partial charge in [-0.25, -0.2) is 0 Å². The van der Waals surface area contributed by atoms with Crippen LogP contribution in [0.25, 0.3) is 6.08 Å². The summed E-state index contributed by atoms with van der Waals surface area (Å²) in [6, 6.07) is 16.2. The van der Waals surface area contributed by atoms with Crippen LogP contribution in [-0.4, -0.2) is 23.0 Å². The number of carbonyl (C=O) groups is 2. The molecule has 0 aromatic heterocycles. The molecular weight excluding hydrogens is 306 g/mol. The molecule has 2 aromatic carbocycles. The Morgan fingerprint density at radius 3 is 2.62 bits per heavy atom. The number of nitrogens with one attached hydrogen (secondary N) is 1. The Bertz CT molecular complexity index is 725. The van der Waals surface area contributed by atoms with Gasteiger partial charge in [0.15, 0.2) is 0 Å². The molecule has 0 radical (unpaired) electrons. The van der Waals surface area contributed by atoms with E-state index in [-0.39, 0.29) is 0 Å². The normalized spacial score (nSPS) is 11.9. The van der Waals surface area contributed by atoms with Crippen molar-refractivity contribution in [3.63, 3.8) is 0 Å². The van der Waals surface area contributed by atoms with Crippen molar-refractivity contribution in [2.75, 3.05) is 0 Å². The molecule has 0 spiro atoms. The molecule has 2 rings (SSSR count). The fourth-order valence-electron chi connectivity index (χ4n) is 1.94. The fraction of sp³-hybridized carbons (Fsp3) is 0.158. The van der Waals surface area contributed by atoms with Gasteiger partial charge >= 0.3 is 5.97 Å². The molecule has 0 fully saturated rings. The first kappa shape index (κ1) is 17.3. The molecule has 0 aliphatic carbocycles. The standard InChI is InChI=1S/C19H19NO4/c1-14(19(22)23)20-18(21)11-10-15-8-5-9-17(12-15)24-13-16-6-3-2-4-7-16/h2-12,14H,13H2,1H3,(H,20,21)(H,22,23)/b11-10+/t14-/m0/s1. The number of hydrogen-bond acceptors (Lipinski definition) is 3. The number of carboxylic acids is 1. The van der Waals surface area contributed by atoms with E-state index < -0.39 is 17.9 Å². The van der Waals surface area contributed by atoms with Crippen LogP contribution >= 0.6 is 0 Å². The summed E-state index contributed by atoms with van der Waals surface area (Å²) in [5.74, 6) is -0.839. The highest BCUT2D eigenvalue weighted by Crippen LogP contribution is 2.16. The van der Waals surface area contributed by atoms with Crippen molar-refractivity contribution in [2.24, 2.45) is 0 Å². The Balaban J connectivity index is 1.93. The molecule has 2 N–H and O–H groups in total. The molecule has 0 aliphatic rings. The Labute approximate surface area is 140 Å². The molecular formula is C19H19NO4. The smallest absolute Gasteiger partial charge is 0.325 e. The third kappa shape index (κ3) is 5.61. The number of amides is 1. The Morgan fingerprint density at radius 1 is 1.17 bits per heavy atom. The lowest BCUT2D eigenvalue weighted by molar-refractivity contribution is -0.140. The highest BCUT2D eigenvalue weighted by atomic mass is 16.5. The maximum absolute atomic E-state index is 11.6. The first-order valence-electron chi connectivity index (χ1n) is 7.53. The molecule has 0 saturated heterocycles. The second-order valence-electron chi connectivity index (χ2n) is 5.25. The fourth-order valence-corrected chi connectivity index (χ4v) is 1.94. The van der Waals surface area contributed by atoms with Crippen LogP contribution in [0.1, 0.15) is 18.1 Å². The predicted octanol–water partition coefficient (Wildman–Crippen LogP) is 2.87. The van der Waals surface area contributed by atoms with E-state index >= 15 is 0 Å². The van der Waals surface area contributed by atoms with Crippen molar-refractivity contribution in [3.8, 4) is 5.75 Å². The monoisotopic (exact) mass is 325 g/mol. The van der Waals surface area contributed by atoms with Gasteiger partial charge in [0.2, 0.25) is 5.91 Å². The van der Waals surface area contributed by atoms with E-state index in [9.17, 15) is 9.59 Å². The van der Waals surface area contributed by atoms with Crippen LogP contribution in [0.4, 0.5) is 0 Å². The summed E-state index contributed by atoms with van der Waals surface area (Å²) in [4.78, 5) is 22.3. The molecule has 0 saturated carbocycles. The van der Waals surface area contributed by atoms with E-state index in [1.54, 1.807) is 6.08 Å². The van der Waals surface area contributed by atoms with Gasteiger partial charge in [0.1, 0.15) is 18.4 Å². The van der Waals surface area contributed by atoms with E-state index in [1.807, 2.05) is 54.6 Å². The third-order valence-corrected chi connectivity index (χ3v) is 3.26. The molecule has 5 heteroatoms. The topological polar surface area (TPSA) is 75.6 Å². The molecule has 24 heavy (non-hydrogen) atoms. The number of ether oxygens (including phenoxy) is 1. The van der Waals surface area contributed by atoms with Crippen molar-refractivity contribution >= 4 is 18.0 Å². The summed E-state index contributed by atoms with van der Waals surface area (Å²) in [7, 11) is 0. The maximum Gasteiger partial charge on any atom is 0.325 e. The number of benzene rings is 2. The van der Waals surface area contributed by atoms with Crippen LogP contribution in [0.2, 0.25) is 0 Å². The quantitative estimate of drug-likeness (QED) is 0.768. The molecule has 0 heterocycles. The van der Waals surface area contributed by atoms with Crippen LogP contribution in [0.15, 0.2) is 60.7 Å². The van der Waals surface area contributed by atoms with E-state index in [2.05, 4.69) is 5.32 Å². The molecule has 0 bridgehead atoms. The van der Waals surface area contributed by atoms with Gasteiger partial charge in [0.05, 0.1) is 0 Å². The van der Waals surface area contributed by atoms with E-state index in [0.717, 1.165) is 11.1 Å². The minimum absolute atomic E-state index is 0.458. The van der Waals surface area contributed by atoms with E-state index in [1.165, 1.54) is 13.0 Å². The van der Waals surface area contributed by atoms with Gasteiger partial charge in [-0.15, -0.1) is 0 Å². The minimum atomic E-state index is -1.08. The predicted molar refractivity (Wildman–Crippen MR) is 91.5 cm³/mol. The Kier molecular flexibility index (Phi) is 6.14. The van der Waals surface area contributed by atoms with Crippen molar-refractivity contribution in [1.82, 2.24) is 5.32 Å².